The summed E-state index contributed by atoms with van der Waals surface area (Å²) in [5.74, 6) is 0.508. The van der Waals surface area contributed by atoms with E-state index in [1.165, 1.54) is 0 Å². The van der Waals surface area contributed by atoms with Crippen molar-refractivity contribution in [1.29, 1.82) is 0 Å². The molecule has 0 saturated heterocycles. The van der Waals surface area contributed by atoms with Crippen molar-refractivity contribution in [2.75, 3.05) is 5.73 Å². The quantitative estimate of drug-likeness (QED) is 0.463. The first-order valence-electron chi connectivity index (χ1n) is 9.17. The summed E-state index contributed by atoms with van der Waals surface area (Å²) in [6, 6.07) is 20.9. The van der Waals surface area contributed by atoms with Crippen LogP contribution in [0, 0.1) is 0 Å². The maximum absolute atomic E-state index is 13.4. The summed E-state index contributed by atoms with van der Waals surface area (Å²) in [5.41, 5.74) is 11.0. The molecule has 0 aliphatic heterocycles. The lowest BCUT2D eigenvalue weighted by Crippen LogP contribution is -2.20. The predicted molar refractivity (Wildman–Crippen MR) is 115 cm³/mol. The number of hydrogen-bond donors (Lipinski definition) is 2. The lowest BCUT2D eigenvalue weighted by molar-refractivity contribution is 0.991. The van der Waals surface area contributed by atoms with Gasteiger partial charge in [-0.25, -0.2) is 4.98 Å². The molecule has 0 fully saturated rings. The van der Waals surface area contributed by atoms with Gasteiger partial charge in [0.05, 0.1) is 28.5 Å². The van der Waals surface area contributed by atoms with Gasteiger partial charge in [0.2, 0.25) is 0 Å². The summed E-state index contributed by atoms with van der Waals surface area (Å²) in [7, 11) is 0. The minimum atomic E-state index is -0.178. The third kappa shape index (κ3) is 3.06. The number of benzene rings is 2. The topological polar surface area (TPSA) is 89.6 Å². The Bertz CT molecular complexity index is 1350. The molecule has 0 amide bonds. The SMILES string of the molecule is Nc1cccc(-n2cc(-c3ccccc3)cc(-c3nc4ccncc4[nH]3)c2=O)c1. The zero-order valence-electron chi connectivity index (χ0n) is 15.4. The van der Waals surface area contributed by atoms with Crippen LogP contribution < -0.4 is 11.3 Å². The molecule has 5 aromatic rings. The van der Waals surface area contributed by atoms with Gasteiger partial charge in [-0.2, -0.15) is 0 Å². The third-order valence-corrected chi connectivity index (χ3v) is 4.81. The van der Waals surface area contributed by atoms with Gasteiger partial charge in [-0.05, 0) is 41.5 Å². The van der Waals surface area contributed by atoms with Gasteiger partial charge >= 0.3 is 0 Å². The maximum atomic E-state index is 13.4. The molecule has 3 heterocycles. The summed E-state index contributed by atoms with van der Waals surface area (Å²) < 4.78 is 1.61. The second kappa shape index (κ2) is 6.76. The largest absolute Gasteiger partial charge is 0.399 e. The van der Waals surface area contributed by atoms with Crippen molar-refractivity contribution >= 4 is 16.7 Å². The number of nitrogens with one attached hydrogen (secondary N) is 1. The maximum Gasteiger partial charge on any atom is 0.266 e. The molecule has 0 saturated carbocycles. The molecule has 2 aromatic carbocycles. The van der Waals surface area contributed by atoms with Gasteiger partial charge in [-0.3, -0.25) is 14.3 Å². The van der Waals surface area contributed by atoms with Crippen molar-refractivity contribution in [3.8, 4) is 28.2 Å². The van der Waals surface area contributed by atoms with E-state index in [4.69, 9.17) is 5.73 Å². The van der Waals surface area contributed by atoms with Crippen LogP contribution in [0.3, 0.4) is 0 Å². The normalized spacial score (nSPS) is 11.0. The van der Waals surface area contributed by atoms with Gasteiger partial charge in [0.15, 0.2) is 0 Å². The average Bonchev–Trinajstić information content (AvgIpc) is 3.18. The van der Waals surface area contributed by atoms with Crippen LogP contribution in [0.5, 0.6) is 0 Å². The molecule has 0 aliphatic carbocycles. The number of aromatic nitrogens is 4. The van der Waals surface area contributed by atoms with E-state index in [1.54, 1.807) is 29.1 Å². The van der Waals surface area contributed by atoms with E-state index in [1.807, 2.05) is 60.8 Å². The number of fused-ring (bicyclic) bond motifs is 1. The number of H-pyrrole nitrogens is 1. The van der Waals surface area contributed by atoms with Gasteiger partial charge in [0, 0.05) is 18.1 Å². The second-order valence-corrected chi connectivity index (χ2v) is 6.76. The standard InChI is InChI=1S/C23H17N5O/c24-17-7-4-8-18(12-17)28-14-16(15-5-2-1-3-6-15)11-19(23(28)29)22-26-20-9-10-25-13-21(20)27-22/h1-14H,24H2,(H,26,27). The molecule has 0 unspecified atom stereocenters. The van der Waals surface area contributed by atoms with E-state index < -0.39 is 0 Å². The highest BCUT2D eigenvalue weighted by atomic mass is 16.1. The Balaban J connectivity index is 1.79. The van der Waals surface area contributed by atoms with Crippen molar-refractivity contribution in [1.82, 2.24) is 19.5 Å². The minimum Gasteiger partial charge on any atom is -0.399 e. The van der Waals surface area contributed by atoms with Gasteiger partial charge in [-0.1, -0.05) is 36.4 Å². The zero-order valence-corrected chi connectivity index (χ0v) is 15.4. The highest BCUT2D eigenvalue weighted by Crippen LogP contribution is 2.25. The van der Waals surface area contributed by atoms with Crippen molar-refractivity contribution < 1.29 is 0 Å². The number of anilines is 1. The van der Waals surface area contributed by atoms with Crippen molar-refractivity contribution in [2.45, 2.75) is 0 Å². The summed E-state index contributed by atoms with van der Waals surface area (Å²) >= 11 is 0. The molecule has 3 N–H and O–H groups in total. The molecule has 0 bridgehead atoms. The lowest BCUT2D eigenvalue weighted by atomic mass is 10.1. The molecular weight excluding hydrogens is 362 g/mol. The monoisotopic (exact) mass is 379 g/mol. The van der Waals surface area contributed by atoms with Crippen LogP contribution in [0.1, 0.15) is 0 Å². The van der Waals surface area contributed by atoms with Crippen LogP contribution in [0.25, 0.3) is 39.2 Å². The Morgan fingerprint density at radius 2 is 1.79 bits per heavy atom. The van der Waals surface area contributed by atoms with Crippen LogP contribution in [0.4, 0.5) is 5.69 Å². The Morgan fingerprint density at radius 3 is 2.59 bits per heavy atom. The Hall–Kier alpha value is -4.19. The summed E-state index contributed by atoms with van der Waals surface area (Å²) in [6.45, 7) is 0. The second-order valence-electron chi connectivity index (χ2n) is 6.76. The molecule has 3 aromatic heterocycles. The van der Waals surface area contributed by atoms with E-state index in [9.17, 15) is 4.79 Å². The fraction of sp³-hybridized carbons (Fsp3) is 0. The summed E-state index contributed by atoms with van der Waals surface area (Å²) in [4.78, 5) is 25.3. The van der Waals surface area contributed by atoms with Gasteiger partial charge in [0.1, 0.15) is 5.82 Å². The number of nitrogen functional groups attached to an aromatic ring is 1. The predicted octanol–water partition coefficient (Wildman–Crippen LogP) is 4.03. The van der Waals surface area contributed by atoms with Crippen molar-refractivity contribution in [3.63, 3.8) is 0 Å². The number of nitrogens with two attached hydrogens (primary N) is 1. The molecule has 0 atom stereocenters. The molecule has 0 spiro atoms. The average molecular weight is 379 g/mol. The number of rotatable bonds is 3. The molecule has 6 nitrogen and oxygen atoms in total. The number of pyridine rings is 2. The Labute approximate surface area is 166 Å². The molecule has 6 heteroatoms. The van der Waals surface area contributed by atoms with Crippen molar-refractivity contribution in [2.24, 2.45) is 0 Å². The van der Waals surface area contributed by atoms with Gasteiger partial charge < -0.3 is 10.7 Å². The third-order valence-electron chi connectivity index (χ3n) is 4.81. The van der Waals surface area contributed by atoms with Crippen LogP contribution in [-0.4, -0.2) is 19.5 Å². The summed E-state index contributed by atoms with van der Waals surface area (Å²) in [6.07, 6.45) is 5.21. The van der Waals surface area contributed by atoms with E-state index in [0.29, 0.717) is 22.8 Å². The molecule has 140 valence electrons. The van der Waals surface area contributed by atoms with Crippen LogP contribution in [0.15, 0.2) is 90.1 Å². The van der Waals surface area contributed by atoms with E-state index >= 15 is 0 Å². The molecular formula is C23H17N5O. The van der Waals surface area contributed by atoms with E-state index in [-0.39, 0.29) is 5.56 Å². The molecule has 0 radical (unpaired) electrons. The van der Waals surface area contributed by atoms with Crippen molar-refractivity contribution in [3.05, 3.63) is 95.7 Å². The lowest BCUT2D eigenvalue weighted by Gasteiger charge is -2.12. The first-order chi connectivity index (χ1) is 14.2. The number of hydrogen-bond acceptors (Lipinski definition) is 4. The molecule has 5 rings (SSSR count). The smallest absolute Gasteiger partial charge is 0.266 e. The first kappa shape index (κ1) is 16.9. The Morgan fingerprint density at radius 1 is 0.931 bits per heavy atom. The highest BCUT2D eigenvalue weighted by molar-refractivity contribution is 5.79. The van der Waals surface area contributed by atoms with Crippen LogP contribution >= 0.6 is 0 Å². The van der Waals surface area contributed by atoms with Gasteiger partial charge in [0.25, 0.3) is 5.56 Å². The first-order valence-corrected chi connectivity index (χ1v) is 9.17. The fourth-order valence-corrected chi connectivity index (χ4v) is 3.39. The van der Waals surface area contributed by atoms with E-state index in [2.05, 4.69) is 15.0 Å². The van der Waals surface area contributed by atoms with Crippen LogP contribution in [-0.2, 0) is 0 Å². The number of aromatic amines is 1. The number of nitrogens with zero attached hydrogens (tertiary/aromatic N) is 3. The Kier molecular flexibility index (Phi) is 3.95. The summed E-state index contributed by atoms with van der Waals surface area (Å²) in [5, 5.41) is 0. The molecule has 29 heavy (non-hydrogen) atoms. The molecule has 0 aliphatic rings. The van der Waals surface area contributed by atoms with Crippen LogP contribution in [0.2, 0.25) is 0 Å². The highest BCUT2D eigenvalue weighted by Gasteiger charge is 2.15. The minimum absolute atomic E-state index is 0.178. The van der Waals surface area contributed by atoms with Gasteiger partial charge in [-0.15, -0.1) is 0 Å². The number of imidazole rings is 1. The fourth-order valence-electron chi connectivity index (χ4n) is 3.39. The zero-order chi connectivity index (χ0) is 19.8. The van der Waals surface area contributed by atoms with E-state index in [0.717, 1.165) is 22.2 Å².